The normalized spacial score (nSPS) is 14.0. The number of thiazole rings is 1. The van der Waals surface area contributed by atoms with Crippen LogP contribution < -0.4 is 24.8 Å². The molecule has 0 aliphatic heterocycles. The van der Waals surface area contributed by atoms with Gasteiger partial charge in [0.25, 0.3) is 0 Å². The van der Waals surface area contributed by atoms with E-state index in [2.05, 4.69) is 24.4 Å². The van der Waals surface area contributed by atoms with Gasteiger partial charge in [0.15, 0.2) is 23.1 Å². The lowest BCUT2D eigenvalue weighted by atomic mass is 9.80. The molecule has 0 saturated carbocycles. The number of quaternary nitrogens is 1. The third kappa shape index (κ3) is 6.81. The van der Waals surface area contributed by atoms with Crippen LogP contribution in [0.1, 0.15) is 22.6 Å². The first kappa shape index (κ1) is 28.7. The van der Waals surface area contributed by atoms with Crippen molar-refractivity contribution in [1.82, 2.24) is 10.3 Å². The van der Waals surface area contributed by atoms with Gasteiger partial charge in [0, 0.05) is 24.5 Å². The second-order valence-electron chi connectivity index (χ2n) is 9.90. The minimum atomic E-state index is -1.41. The molecule has 1 heterocycles. The fourth-order valence-electron chi connectivity index (χ4n) is 4.66. The van der Waals surface area contributed by atoms with Crippen molar-refractivity contribution >= 4 is 33.4 Å². The molecule has 2 N–H and O–H groups in total. The standard InChI is InChI=1S/C27H31F2N3O6S/c1-32(2)4-5-37-6-7-38-22-10-20-23(11-21(22)36-3)39-24(31-20)15-30-26(35)27(14-25(33)34)12-16-8-18(28)19(29)9-17(16)13-27/h8-11H,4-7,12-15H2,1-3H3,(H,30,35)(H,33,34). The van der Waals surface area contributed by atoms with Crippen LogP contribution in [0.3, 0.4) is 0 Å². The zero-order valence-electron chi connectivity index (χ0n) is 22.0. The molecular formula is C27H31F2N3O6S. The summed E-state index contributed by atoms with van der Waals surface area (Å²) in [6.07, 6.45) is -0.636. The van der Waals surface area contributed by atoms with E-state index in [0.29, 0.717) is 53.0 Å². The van der Waals surface area contributed by atoms with E-state index in [-0.39, 0.29) is 19.4 Å². The first-order valence-electron chi connectivity index (χ1n) is 12.5. The van der Waals surface area contributed by atoms with Gasteiger partial charge in [0.2, 0.25) is 5.91 Å². The van der Waals surface area contributed by atoms with E-state index in [9.17, 15) is 23.5 Å². The van der Waals surface area contributed by atoms with Crippen LogP contribution in [0.2, 0.25) is 0 Å². The van der Waals surface area contributed by atoms with Gasteiger partial charge in [-0.3, -0.25) is 4.79 Å². The number of hydrogen-bond acceptors (Lipinski definition) is 8. The number of nitrogens with one attached hydrogen (secondary N) is 2. The van der Waals surface area contributed by atoms with Crippen LogP contribution in [0, 0.1) is 17.0 Å². The van der Waals surface area contributed by atoms with Crippen molar-refractivity contribution in [3.63, 3.8) is 0 Å². The number of rotatable bonds is 13. The second kappa shape index (κ2) is 12.2. The van der Waals surface area contributed by atoms with Crippen molar-refractivity contribution in [3.05, 3.63) is 52.0 Å². The number of nitrogens with zero attached hydrogens (tertiary/aromatic N) is 1. The zero-order valence-corrected chi connectivity index (χ0v) is 22.8. The molecule has 9 nitrogen and oxygen atoms in total. The van der Waals surface area contributed by atoms with Crippen LogP contribution in [0.5, 0.6) is 11.5 Å². The minimum Gasteiger partial charge on any atom is -0.550 e. The Kier molecular flexibility index (Phi) is 8.98. The molecule has 1 aromatic heterocycles. The SMILES string of the molecule is COc1cc2sc(CNC(=O)C3(CC(=O)[O-])Cc4cc(F)c(F)cc4C3)nc2cc1OCCOCC[NH+](C)C. The van der Waals surface area contributed by atoms with Gasteiger partial charge in [-0.05, 0) is 36.1 Å². The number of methoxy groups -OCH3 is 1. The van der Waals surface area contributed by atoms with Crippen molar-refractivity contribution in [2.75, 3.05) is 47.6 Å². The maximum absolute atomic E-state index is 13.8. The summed E-state index contributed by atoms with van der Waals surface area (Å²) in [6, 6.07) is 5.60. The quantitative estimate of drug-likeness (QED) is 0.294. The molecule has 12 heteroatoms. The molecular weight excluding hydrogens is 532 g/mol. The highest BCUT2D eigenvalue weighted by molar-refractivity contribution is 7.18. The molecule has 210 valence electrons. The van der Waals surface area contributed by atoms with E-state index in [4.69, 9.17) is 14.2 Å². The van der Waals surface area contributed by atoms with E-state index in [1.807, 2.05) is 0 Å². The largest absolute Gasteiger partial charge is 0.550 e. The number of fused-ring (bicyclic) bond motifs is 2. The van der Waals surface area contributed by atoms with Crippen molar-refractivity contribution < 1.29 is 42.6 Å². The molecule has 0 unspecified atom stereocenters. The highest BCUT2D eigenvalue weighted by Gasteiger charge is 2.44. The van der Waals surface area contributed by atoms with Gasteiger partial charge >= 0.3 is 0 Å². The summed E-state index contributed by atoms with van der Waals surface area (Å²) >= 11 is 1.35. The third-order valence-corrected chi connectivity index (χ3v) is 7.63. The predicted octanol–water partition coefficient (Wildman–Crippen LogP) is 0.664. The van der Waals surface area contributed by atoms with Gasteiger partial charge in [-0.1, -0.05) is 0 Å². The summed E-state index contributed by atoms with van der Waals surface area (Å²) in [5, 5.41) is 14.9. The topological polar surface area (TPSA) is 114 Å². The summed E-state index contributed by atoms with van der Waals surface area (Å²) in [5.74, 6) is -2.98. The average molecular weight is 564 g/mol. The number of halogens is 2. The van der Waals surface area contributed by atoms with Crippen LogP contribution in [0.4, 0.5) is 8.78 Å². The number of amides is 1. The Bertz CT molecular complexity index is 1330. The number of benzene rings is 2. The lowest BCUT2D eigenvalue weighted by Crippen LogP contribution is -3.06. The summed E-state index contributed by atoms with van der Waals surface area (Å²) < 4.78 is 45.2. The number of carbonyl (C=O) groups excluding carboxylic acids is 2. The summed E-state index contributed by atoms with van der Waals surface area (Å²) in [6.45, 7) is 2.35. The summed E-state index contributed by atoms with van der Waals surface area (Å²) in [7, 11) is 5.65. The Morgan fingerprint density at radius 1 is 1.08 bits per heavy atom. The number of likely N-dealkylation sites (N-methyl/N-ethyl adjacent to an activating group) is 1. The van der Waals surface area contributed by atoms with Crippen LogP contribution in [0.25, 0.3) is 10.2 Å². The maximum Gasteiger partial charge on any atom is 0.227 e. The first-order chi connectivity index (χ1) is 18.6. The first-order valence-corrected chi connectivity index (χ1v) is 13.3. The lowest BCUT2D eigenvalue weighted by molar-refractivity contribution is -0.858. The molecule has 0 radical (unpaired) electrons. The number of hydrogen-bond donors (Lipinski definition) is 2. The van der Waals surface area contributed by atoms with Crippen LogP contribution in [-0.2, 0) is 33.7 Å². The van der Waals surface area contributed by atoms with Crippen molar-refractivity contribution in [2.45, 2.75) is 25.8 Å². The molecule has 0 atom stereocenters. The molecule has 0 fully saturated rings. The molecule has 39 heavy (non-hydrogen) atoms. The average Bonchev–Trinajstić information content (AvgIpc) is 3.44. The number of ether oxygens (including phenoxy) is 3. The van der Waals surface area contributed by atoms with Gasteiger partial charge in [0.1, 0.15) is 18.2 Å². The number of aliphatic carboxylic acids is 1. The Morgan fingerprint density at radius 3 is 2.38 bits per heavy atom. The zero-order chi connectivity index (χ0) is 28.2. The second-order valence-corrected chi connectivity index (χ2v) is 11.0. The Hall–Kier alpha value is -3.35. The number of carboxylic acids is 1. The number of aromatic nitrogens is 1. The third-order valence-electron chi connectivity index (χ3n) is 6.61. The van der Waals surface area contributed by atoms with Crippen LogP contribution in [-0.4, -0.2) is 64.4 Å². The number of carbonyl (C=O) groups is 2. The van der Waals surface area contributed by atoms with Gasteiger partial charge < -0.3 is 34.3 Å². The van der Waals surface area contributed by atoms with E-state index in [1.165, 1.54) is 16.2 Å². The van der Waals surface area contributed by atoms with Crippen LogP contribution >= 0.6 is 11.3 Å². The Balaban J connectivity index is 1.43. The smallest absolute Gasteiger partial charge is 0.227 e. The highest BCUT2D eigenvalue weighted by Crippen LogP contribution is 2.41. The Labute approximate surface area is 228 Å². The highest BCUT2D eigenvalue weighted by atomic mass is 32.1. The van der Waals surface area contributed by atoms with Gasteiger partial charge in [-0.15, -0.1) is 11.3 Å². The van der Waals surface area contributed by atoms with Crippen molar-refractivity contribution in [2.24, 2.45) is 5.41 Å². The molecule has 0 spiro atoms. The van der Waals surface area contributed by atoms with Gasteiger partial charge in [-0.2, -0.15) is 0 Å². The maximum atomic E-state index is 13.8. The molecule has 0 saturated heterocycles. The van der Waals surface area contributed by atoms with Crippen molar-refractivity contribution in [1.29, 1.82) is 0 Å². The fourth-order valence-corrected chi connectivity index (χ4v) is 5.57. The number of carboxylic acid groups (broad SMARTS) is 1. The van der Waals surface area contributed by atoms with E-state index < -0.39 is 35.3 Å². The predicted molar refractivity (Wildman–Crippen MR) is 138 cm³/mol. The lowest BCUT2D eigenvalue weighted by Gasteiger charge is -2.28. The molecule has 0 bridgehead atoms. The summed E-state index contributed by atoms with van der Waals surface area (Å²) in [4.78, 5) is 30.6. The minimum absolute atomic E-state index is 0.0306. The monoisotopic (exact) mass is 563 g/mol. The molecule has 1 aliphatic rings. The molecule has 2 aromatic carbocycles. The van der Waals surface area contributed by atoms with Gasteiger partial charge in [0.05, 0.1) is 56.6 Å². The van der Waals surface area contributed by atoms with Gasteiger partial charge in [-0.25, -0.2) is 13.8 Å². The van der Waals surface area contributed by atoms with Crippen molar-refractivity contribution in [3.8, 4) is 11.5 Å². The Morgan fingerprint density at radius 2 is 1.77 bits per heavy atom. The summed E-state index contributed by atoms with van der Waals surface area (Å²) in [5.41, 5.74) is 0.0715. The van der Waals surface area contributed by atoms with E-state index in [0.717, 1.165) is 23.4 Å². The molecule has 4 rings (SSSR count). The van der Waals surface area contributed by atoms with E-state index in [1.54, 1.807) is 19.2 Å². The molecule has 1 amide bonds. The van der Waals surface area contributed by atoms with E-state index >= 15 is 0 Å². The molecule has 3 aromatic rings. The van der Waals surface area contributed by atoms with Crippen LogP contribution in [0.15, 0.2) is 24.3 Å². The molecule has 1 aliphatic carbocycles. The fraction of sp³-hybridized carbons (Fsp3) is 0.444.